The van der Waals surface area contributed by atoms with Crippen molar-refractivity contribution < 1.29 is 18.8 Å². The van der Waals surface area contributed by atoms with Gasteiger partial charge in [-0.15, -0.1) is 0 Å². The molecule has 0 atom stereocenters. The molecule has 0 radical (unpaired) electrons. The fraction of sp³-hybridized carbons (Fsp3) is 0.500. The average Bonchev–Trinajstić information content (AvgIpc) is 2.86. The lowest BCUT2D eigenvalue weighted by atomic mass is 10.2. The molecule has 1 aromatic rings. The van der Waals surface area contributed by atoms with Gasteiger partial charge in [0.15, 0.2) is 0 Å². The Morgan fingerprint density at radius 1 is 1.08 bits per heavy atom. The summed E-state index contributed by atoms with van der Waals surface area (Å²) >= 11 is 0. The van der Waals surface area contributed by atoms with Gasteiger partial charge in [-0.25, -0.2) is 4.39 Å². The molecule has 0 bridgehead atoms. The minimum absolute atomic E-state index is 0.0277. The first kappa shape index (κ1) is 18.9. The Balaban J connectivity index is 1.89. The van der Waals surface area contributed by atoms with E-state index in [0.717, 1.165) is 6.42 Å². The van der Waals surface area contributed by atoms with Crippen molar-refractivity contribution in [3.63, 3.8) is 0 Å². The van der Waals surface area contributed by atoms with E-state index in [-0.39, 0.29) is 29.8 Å². The molecule has 3 amide bonds. The summed E-state index contributed by atoms with van der Waals surface area (Å²) in [5, 5.41) is 2.61. The van der Waals surface area contributed by atoms with Crippen LogP contribution in [0.4, 0.5) is 4.39 Å². The minimum atomic E-state index is -0.539. The van der Waals surface area contributed by atoms with E-state index in [1.165, 1.54) is 12.1 Å². The lowest BCUT2D eigenvalue weighted by Crippen LogP contribution is -2.42. The van der Waals surface area contributed by atoms with Gasteiger partial charge in [-0.3, -0.25) is 14.4 Å². The number of halogens is 1. The minimum Gasteiger partial charge on any atom is -0.347 e. The van der Waals surface area contributed by atoms with Crippen LogP contribution in [-0.2, 0) is 9.59 Å². The maximum absolute atomic E-state index is 13.8. The quantitative estimate of drug-likeness (QED) is 0.874. The maximum Gasteiger partial charge on any atom is 0.256 e. The van der Waals surface area contributed by atoms with E-state index in [9.17, 15) is 18.8 Å². The van der Waals surface area contributed by atoms with Crippen molar-refractivity contribution in [1.29, 1.82) is 0 Å². The molecule has 7 heteroatoms. The first-order chi connectivity index (χ1) is 12.0. The highest BCUT2D eigenvalue weighted by Gasteiger charge is 2.24. The van der Waals surface area contributed by atoms with Crippen molar-refractivity contribution in [3.8, 4) is 0 Å². The summed E-state index contributed by atoms with van der Waals surface area (Å²) in [6, 6.07) is 5.90. The number of nitrogens with one attached hydrogen (secondary N) is 1. The molecule has 1 saturated heterocycles. The number of hydrogen-bond acceptors (Lipinski definition) is 3. The molecule has 0 aromatic heterocycles. The standard InChI is InChI=1S/C18H24FN3O3/c1-2-6-16(23)20-13-17(24)21-9-5-10-22(12-11-21)18(25)14-7-3-4-8-15(14)19/h3-4,7-8H,2,5-6,9-13H2,1H3,(H,20,23). The second-order valence-electron chi connectivity index (χ2n) is 6.03. The Labute approximate surface area is 147 Å². The zero-order chi connectivity index (χ0) is 18.2. The van der Waals surface area contributed by atoms with E-state index >= 15 is 0 Å². The monoisotopic (exact) mass is 349 g/mol. The summed E-state index contributed by atoms with van der Waals surface area (Å²) in [5.41, 5.74) is 0.0501. The Hall–Kier alpha value is -2.44. The number of nitrogens with zero attached hydrogens (tertiary/aromatic N) is 2. The van der Waals surface area contributed by atoms with Gasteiger partial charge in [-0.1, -0.05) is 19.1 Å². The van der Waals surface area contributed by atoms with Crippen molar-refractivity contribution in [2.75, 3.05) is 32.7 Å². The lowest BCUT2D eigenvalue weighted by Gasteiger charge is -2.22. The highest BCUT2D eigenvalue weighted by atomic mass is 19.1. The van der Waals surface area contributed by atoms with Crippen LogP contribution in [0.3, 0.4) is 0 Å². The number of hydrogen-bond donors (Lipinski definition) is 1. The molecule has 0 unspecified atom stereocenters. The summed E-state index contributed by atoms with van der Waals surface area (Å²) < 4.78 is 13.8. The topological polar surface area (TPSA) is 69.7 Å². The molecular weight excluding hydrogens is 325 g/mol. The van der Waals surface area contributed by atoms with E-state index in [0.29, 0.717) is 39.0 Å². The molecule has 1 aliphatic heterocycles. The molecular formula is C18H24FN3O3. The van der Waals surface area contributed by atoms with Crippen LogP contribution in [0.15, 0.2) is 24.3 Å². The zero-order valence-corrected chi connectivity index (χ0v) is 14.5. The van der Waals surface area contributed by atoms with Gasteiger partial charge in [-0.05, 0) is 25.0 Å². The van der Waals surface area contributed by atoms with E-state index in [1.807, 2.05) is 6.92 Å². The van der Waals surface area contributed by atoms with Gasteiger partial charge in [0.25, 0.3) is 5.91 Å². The summed E-state index contributed by atoms with van der Waals surface area (Å²) in [5.74, 6) is -1.20. The second-order valence-corrected chi connectivity index (χ2v) is 6.03. The van der Waals surface area contributed by atoms with Crippen LogP contribution in [-0.4, -0.2) is 60.2 Å². The number of rotatable bonds is 5. The predicted octanol–water partition coefficient (Wildman–Crippen LogP) is 1.42. The third kappa shape index (κ3) is 5.27. The Morgan fingerprint density at radius 3 is 2.48 bits per heavy atom. The van der Waals surface area contributed by atoms with Crippen molar-refractivity contribution in [2.45, 2.75) is 26.2 Å². The highest BCUT2D eigenvalue weighted by Crippen LogP contribution is 2.12. The second kappa shape index (κ2) is 9.15. The Morgan fingerprint density at radius 2 is 1.76 bits per heavy atom. The van der Waals surface area contributed by atoms with Gasteiger partial charge in [0.2, 0.25) is 11.8 Å². The molecule has 1 N–H and O–H groups in total. The first-order valence-corrected chi connectivity index (χ1v) is 8.61. The van der Waals surface area contributed by atoms with Crippen LogP contribution in [0.1, 0.15) is 36.5 Å². The lowest BCUT2D eigenvalue weighted by molar-refractivity contribution is -0.132. The largest absolute Gasteiger partial charge is 0.347 e. The van der Waals surface area contributed by atoms with Crippen molar-refractivity contribution in [1.82, 2.24) is 15.1 Å². The molecule has 2 rings (SSSR count). The normalized spacial score (nSPS) is 14.8. The van der Waals surface area contributed by atoms with E-state index in [2.05, 4.69) is 5.32 Å². The number of amides is 3. The number of benzene rings is 1. The molecule has 0 spiro atoms. The van der Waals surface area contributed by atoms with E-state index < -0.39 is 5.82 Å². The maximum atomic E-state index is 13.8. The predicted molar refractivity (Wildman–Crippen MR) is 91.4 cm³/mol. The van der Waals surface area contributed by atoms with Gasteiger partial charge in [0.1, 0.15) is 5.82 Å². The third-order valence-electron chi connectivity index (χ3n) is 4.15. The van der Waals surface area contributed by atoms with Gasteiger partial charge in [0, 0.05) is 32.6 Å². The van der Waals surface area contributed by atoms with Crippen molar-refractivity contribution >= 4 is 17.7 Å². The fourth-order valence-electron chi connectivity index (χ4n) is 2.78. The van der Waals surface area contributed by atoms with Crippen LogP contribution in [0.2, 0.25) is 0 Å². The molecule has 0 aliphatic carbocycles. The first-order valence-electron chi connectivity index (χ1n) is 8.61. The van der Waals surface area contributed by atoms with Gasteiger partial charge >= 0.3 is 0 Å². The van der Waals surface area contributed by atoms with Crippen LogP contribution in [0.25, 0.3) is 0 Å². The molecule has 25 heavy (non-hydrogen) atoms. The third-order valence-corrected chi connectivity index (χ3v) is 4.15. The van der Waals surface area contributed by atoms with Gasteiger partial charge < -0.3 is 15.1 Å². The Bertz CT molecular complexity index is 636. The van der Waals surface area contributed by atoms with Crippen molar-refractivity contribution in [3.05, 3.63) is 35.6 Å². The molecule has 1 aliphatic rings. The summed E-state index contributed by atoms with van der Waals surface area (Å²) in [4.78, 5) is 39.3. The molecule has 1 heterocycles. The summed E-state index contributed by atoms with van der Waals surface area (Å²) in [6.45, 7) is 3.59. The van der Waals surface area contributed by atoms with Gasteiger partial charge in [-0.2, -0.15) is 0 Å². The zero-order valence-electron chi connectivity index (χ0n) is 14.5. The molecule has 6 nitrogen and oxygen atoms in total. The molecule has 136 valence electrons. The van der Waals surface area contributed by atoms with Crippen LogP contribution < -0.4 is 5.32 Å². The van der Waals surface area contributed by atoms with Crippen LogP contribution in [0, 0.1) is 5.82 Å². The number of carbonyl (C=O) groups excluding carboxylic acids is 3. The molecule has 1 fully saturated rings. The SMILES string of the molecule is CCCC(=O)NCC(=O)N1CCCN(C(=O)c2ccccc2F)CC1. The van der Waals surface area contributed by atoms with E-state index in [1.54, 1.807) is 21.9 Å². The smallest absolute Gasteiger partial charge is 0.256 e. The van der Waals surface area contributed by atoms with Crippen molar-refractivity contribution in [2.24, 2.45) is 0 Å². The van der Waals surface area contributed by atoms with Gasteiger partial charge in [0.05, 0.1) is 12.1 Å². The highest BCUT2D eigenvalue weighted by molar-refractivity contribution is 5.94. The average molecular weight is 349 g/mol. The summed E-state index contributed by atoms with van der Waals surface area (Å²) in [7, 11) is 0. The van der Waals surface area contributed by atoms with Crippen LogP contribution in [0.5, 0.6) is 0 Å². The Kier molecular flexibility index (Phi) is 6.91. The fourth-order valence-corrected chi connectivity index (χ4v) is 2.78. The molecule has 0 saturated carbocycles. The summed E-state index contributed by atoms with van der Waals surface area (Å²) in [6.07, 6.45) is 1.75. The number of carbonyl (C=O) groups is 3. The van der Waals surface area contributed by atoms with E-state index in [4.69, 9.17) is 0 Å². The van der Waals surface area contributed by atoms with Crippen LogP contribution >= 0.6 is 0 Å². The molecule has 1 aromatic carbocycles.